The Morgan fingerprint density at radius 3 is 3.04 bits per heavy atom. The highest BCUT2D eigenvalue weighted by molar-refractivity contribution is 6.00. The van der Waals surface area contributed by atoms with Crippen LogP contribution in [0.5, 0.6) is 0 Å². The van der Waals surface area contributed by atoms with Crippen molar-refractivity contribution in [1.82, 2.24) is 24.5 Å². The quantitative estimate of drug-likeness (QED) is 0.416. The van der Waals surface area contributed by atoms with Crippen LogP contribution in [0, 0.1) is 10.1 Å². The number of hydrogen-bond acceptors (Lipinski definition) is 6. The molecule has 1 aliphatic heterocycles. The number of nitro groups is 1. The summed E-state index contributed by atoms with van der Waals surface area (Å²) in [5.41, 5.74) is 1.98. The van der Waals surface area contributed by atoms with E-state index in [0.717, 1.165) is 23.7 Å². The van der Waals surface area contributed by atoms with Gasteiger partial charge in [-0.25, -0.2) is 14.8 Å². The Balaban J connectivity index is 1.60. The molecule has 1 atom stereocenters. The van der Waals surface area contributed by atoms with Crippen molar-refractivity contribution in [3.8, 4) is 0 Å². The van der Waals surface area contributed by atoms with Gasteiger partial charge in [0, 0.05) is 36.9 Å². The van der Waals surface area contributed by atoms with Crippen LogP contribution in [0.1, 0.15) is 18.9 Å². The van der Waals surface area contributed by atoms with Gasteiger partial charge in [-0.2, -0.15) is 0 Å². The molecule has 0 amide bonds. The van der Waals surface area contributed by atoms with E-state index in [1.807, 2.05) is 11.0 Å². The lowest BCUT2D eigenvalue weighted by Crippen LogP contribution is -2.40. The molecule has 1 unspecified atom stereocenters. The van der Waals surface area contributed by atoms with Crippen LogP contribution in [0.2, 0.25) is 0 Å². The molecule has 0 bridgehead atoms. The molecular weight excluding hydrogens is 362 g/mol. The Hall–Kier alpha value is -3.69. The number of nitrogens with zero attached hydrogens (tertiary/aromatic N) is 5. The highest BCUT2D eigenvalue weighted by Crippen LogP contribution is 2.32. The highest BCUT2D eigenvalue weighted by atomic mass is 16.6. The van der Waals surface area contributed by atoms with Gasteiger partial charge in [0.25, 0.3) is 0 Å². The minimum atomic E-state index is -0.418. The van der Waals surface area contributed by atoms with Crippen molar-refractivity contribution in [2.24, 2.45) is 0 Å². The van der Waals surface area contributed by atoms with Crippen LogP contribution < -0.4 is 10.6 Å². The van der Waals surface area contributed by atoms with Crippen LogP contribution in [-0.2, 0) is 0 Å². The summed E-state index contributed by atoms with van der Waals surface area (Å²) >= 11 is 0. The van der Waals surface area contributed by atoms with Crippen LogP contribution in [0.25, 0.3) is 22.1 Å². The number of imidazole rings is 1. The van der Waals surface area contributed by atoms with Gasteiger partial charge in [0.05, 0.1) is 28.2 Å². The van der Waals surface area contributed by atoms with E-state index in [4.69, 9.17) is 0 Å². The molecule has 1 fully saturated rings. The number of aromatic nitrogens is 5. The standard InChI is InChI=1S/C18H17N7O3/c26-18-22-13-9-21-16-12(5-7-19-16)15(13)24(18)11-3-2-8-23(10-11)17-14(25(27)28)4-1-6-20-17/h1,4-7,9,11H,2-3,8,10H2,(H,19,21)(H,22,26). The number of nitrogens with one attached hydrogen (secondary N) is 2. The van der Waals surface area contributed by atoms with E-state index in [2.05, 4.69) is 19.9 Å². The first-order valence-corrected chi connectivity index (χ1v) is 9.04. The molecule has 10 nitrogen and oxygen atoms in total. The van der Waals surface area contributed by atoms with Gasteiger partial charge in [0.2, 0.25) is 5.82 Å². The molecule has 0 spiro atoms. The minimum absolute atomic E-state index is 0.0216. The summed E-state index contributed by atoms with van der Waals surface area (Å²) in [6.07, 6.45) is 6.61. The lowest BCUT2D eigenvalue weighted by molar-refractivity contribution is -0.384. The molecular formula is C18H17N7O3. The van der Waals surface area contributed by atoms with Crippen LogP contribution in [0.3, 0.4) is 0 Å². The summed E-state index contributed by atoms with van der Waals surface area (Å²) in [4.78, 5) is 40.1. The largest absolute Gasteiger partial charge is 0.349 e. The van der Waals surface area contributed by atoms with Crippen LogP contribution in [0.15, 0.2) is 41.6 Å². The van der Waals surface area contributed by atoms with Crippen LogP contribution >= 0.6 is 0 Å². The van der Waals surface area contributed by atoms with Crippen LogP contribution in [-0.4, -0.2) is 42.5 Å². The van der Waals surface area contributed by atoms with E-state index in [-0.39, 0.29) is 17.4 Å². The molecule has 5 heterocycles. The zero-order valence-electron chi connectivity index (χ0n) is 14.8. The Labute approximate surface area is 158 Å². The molecule has 0 radical (unpaired) electrons. The molecule has 142 valence electrons. The van der Waals surface area contributed by atoms with E-state index in [1.165, 1.54) is 6.07 Å². The van der Waals surface area contributed by atoms with Gasteiger partial charge in [-0.3, -0.25) is 14.7 Å². The summed E-state index contributed by atoms with van der Waals surface area (Å²) < 4.78 is 1.76. The van der Waals surface area contributed by atoms with Crippen molar-refractivity contribution in [3.05, 3.63) is 57.4 Å². The Bertz CT molecular complexity index is 1260. The molecule has 0 aromatic carbocycles. The van der Waals surface area contributed by atoms with E-state index in [0.29, 0.717) is 30.1 Å². The number of H-pyrrole nitrogens is 2. The average Bonchev–Trinajstić information content (AvgIpc) is 3.31. The molecule has 1 aliphatic rings. The van der Waals surface area contributed by atoms with E-state index in [9.17, 15) is 14.9 Å². The topological polar surface area (TPSA) is 126 Å². The van der Waals surface area contributed by atoms with Gasteiger partial charge in [-0.15, -0.1) is 0 Å². The molecule has 1 saturated heterocycles. The molecule has 4 aromatic rings. The third-order valence-electron chi connectivity index (χ3n) is 5.28. The van der Waals surface area contributed by atoms with Crippen molar-refractivity contribution < 1.29 is 4.92 Å². The zero-order valence-corrected chi connectivity index (χ0v) is 14.8. The second kappa shape index (κ2) is 6.19. The minimum Gasteiger partial charge on any atom is -0.349 e. The van der Waals surface area contributed by atoms with E-state index >= 15 is 0 Å². The maximum atomic E-state index is 12.7. The third-order valence-corrected chi connectivity index (χ3v) is 5.28. The van der Waals surface area contributed by atoms with Crippen molar-refractivity contribution in [2.45, 2.75) is 18.9 Å². The summed E-state index contributed by atoms with van der Waals surface area (Å²) in [6.45, 7) is 1.13. The Kier molecular flexibility index (Phi) is 3.64. The molecule has 2 N–H and O–H groups in total. The molecule has 10 heteroatoms. The molecule has 5 rings (SSSR count). The second-order valence-corrected chi connectivity index (χ2v) is 6.91. The van der Waals surface area contributed by atoms with Gasteiger partial charge in [0.15, 0.2) is 0 Å². The number of rotatable bonds is 3. The third kappa shape index (κ3) is 2.45. The van der Waals surface area contributed by atoms with Gasteiger partial charge < -0.3 is 14.9 Å². The highest BCUT2D eigenvalue weighted by Gasteiger charge is 2.29. The fraction of sp³-hybridized carbons (Fsp3) is 0.278. The summed E-state index contributed by atoms with van der Waals surface area (Å²) in [6, 6.07) is 4.79. The van der Waals surface area contributed by atoms with Crippen molar-refractivity contribution in [2.75, 3.05) is 18.0 Å². The van der Waals surface area contributed by atoms with Crippen molar-refractivity contribution in [3.63, 3.8) is 0 Å². The number of pyridine rings is 2. The summed E-state index contributed by atoms with van der Waals surface area (Å²) in [5, 5.41) is 12.3. The normalized spacial score (nSPS) is 17.4. The average molecular weight is 379 g/mol. The Morgan fingerprint density at radius 2 is 2.18 bits per heavy atom. The van der Waals surface area contributed by atoms with E-state index < -0.39 is 4.92 Å². The van der Waals surface area contributed by atoms with Gasteiger partial charge >= 0.3 is 11.4 Å². The lowest BCUT2D eigenvalue weighted by atomic mass is 10.0. The predicted octanol–water partition coefficient (Wildman–Crippen LogP) is 2.35. The second-order valence-electron chi connectivity index (χ2n) is 6.91. The van der Waals surface area contributed by atoms with Crippen molar-refractivity contribution >= 4 is 33.6 Å². The smallest absolute Gasteiger partial charge is 0.326 e. The number of piperidine rings is 1. The molecule has 0 aliphatic carbocycles. The fourth-order valence-electron chi connectivity index (χ4n) is 4.10. The number of fused-ring (bicyclic) bond motifs is 3. The first kappa shape index (κ1) is 16.5. The number of anilines is 1. The van der Waals surface area contributed by atoms with Gasteiger partial charge in [-0.1, -0.05) is 0 Å². The molecule has 4 aromatic heterocycles. The van der Waals surface area contributed by atoms with Gasteiger partial charge in [0.1, 0.15) is 5.65 Å². The number of aromatic amines is 2. The maximum Gasteiger partial charge on any atom is 0.326 e. The summed E-state index contributed by atoms with van der Waals surface area (Å²) in [7, 11) is 0. The van der Waals surface area contributed by atoms with Crippen LogP contribution in [0.4, 0.5) is 11.5 Å². The lowest BCUT2D eigenvalue weighted by Gasteiger charge is -2.33. The molecule has 28 heavy (non-hydrogen) atoms. The number of hydrogen-bond donors (Lipinski definition) is 2. The first-order chi connectivity index (χ1) is 13.6. The SMILES string of the molecule is O=c1[nH]c2cnc3[nH]ccc3c2n1C1CCCN(c2ncccc2[N+](=O)[O-])C1. The van der Waals surface area contributed by atoms with Crippen molar-refractivity contribution in [1.29, 1.82) is 0 Å². The Morgan fingerprint density at radius 1 is 1.29 bits per heavy atom. The van der Waals surface area contributed by atoms with Gasteiger partial charge in [-0.05, 0) is 25.0 Å². The fourth-order valence-corrected chi connectivity index (χ4v) is 4.10. The molecule has 0 saturated carbocycles. The zero-order chi connectivity index (χ0) is 19.3. The first-order valence-electron chi connectivity index (χ1n) is 9.04. The monoisotopic (exact) mass is 379 g/mol. The predicted molar refractivity (Wildman–Crippen MR) is 104 cm³/mol. The van der Waals surface area contributed by atoms with E-state index in [1.54, 1.807) is 29.2 Å². The maximum absolute atomic E-state index is 12.7. The summed E-state index contributed by atoms with van der Waals surface area (Å²) in [5.74, 6) is 0.346.